The van der Waals surface area contributed by atoms with Crippen molar-refractivity contribution in [2.45, 2.75) is 30.7 Å². The van der Waals surface area contributed by atoms with Crippen LogP contribution in [0.1, 0.15) is 23.5 Å². The van der Waals surface area contributed by atoms with E-state index in [0.29, 0.717) is 0 Å². The van der Waals surface area contributed by atoms with Gasteiger partial charge in [0.25, 0.3) is 5.91 Å². The molecule has 0 heterocycles. The molecule has 0 aliphatic heterocycles. The molecule has 0 bridgehead atoms. The molecule has 2 unspecified atom stereocenters. The molecule has 0 aromatic heterocycles. The predicted octanol–water partition coefficient (Wildman–Crippen LogP) is 3.06. The van der Waals surface area contributed by atoms with E-state index in [2.05, 4.69) is 5.32 Å². The van der Waals surface area contributed by atoms with Gasteiger partial charge in [0.15, 0.2) is 6.10 Å². The van der Waals surface area contributed by atoms with Crippen molar-refractivity contribution in [2.75, 3.05) is 20.3 Å². The molecule has 2 atom stereocenters. The third-order valence-electron chi connectivity index (χ3n) is 5.40. The Morgan fingerprint density at radius 3 is 2.09 bits per heavy atom. The van der Waals surface area contributed by atoms with Crippen molar-refractivity contribution >= 4 is 18.0 Å². The number of alkyl halides is 3. The zero-order valence-corrected chi connectivity index (χ0v) is 18.1. The summed E-state index contributed by atoms with van der Waals surface area (Å²) in [6.07, 6.45) is -8.82. The van der Waals surface area contributed by atoms with Gasteiger partial charge in [0.2, 0.25) is 0 Å². The molecule has 1 aliphatic rings. The summed E-state index contributed by atoms with van der Waals surface area (Å²) >= 11 is 0. The number of methoxy groups -OCH3 is 1. The Balaban J connectivity index is 1.55. The number of hydrogen-bond acceptors (Lipinski definition) is 5. The van der Waals surface area contributed by atoms with E-state index in [4.69, 9.17) is 14.6 Å². The van der Waals surface area contributed by atoms with Crippen molar-refractivity contribution in [3.8, 4) is 11.1 Å². The number of carboxylic acid groups (broad SMARTS) is 1. The second-order valence-corrected chi connectivity index (χ2v) is 7.65. The Labute approximate surface area is 193 Å². The number of carboxylic acids is 1. The number of alkyl carbamates (subject to hydrolysis) is 1. The number of aliphatic carboxylic acids is 1. The van der Waals surface area contributed by atoms with Crippen LogP contribution in [0.2, 0.25) is 0 Å². The van der Waals surface area contributed by atoms with Crippen molar-refractivity contribution < 1.29 is 42.1 Å². The van der Waals surface area contributed by atoms with Crippen molar-refractivity contribution in [3.05, 3.63) is 59.7 Å². The third-order valence-corrected chi connectivity index (χ3v) is 5.40. The fourth-order valence-electron chi connectivity index (χ4n) is 3.80. The average molecular weight is 480 g/mol. The molecule has 2 amide bonds. The van der Waals surface area contributed by atoms with Gasteiger partial charge >= 0.3 is 18.2 Å². The van der Waals surface area contributed by atoms with Crippen LogP contribution in [0.5, 0.6) is 0 Å². The Bertz CT molecular complexity index is 1010. The highest BCUT2D eigenvalue weighted by Crippen LogP contribution is 2.44. The molecule has 182 valence electrons. The van der Waals surface area contributed by atoms with Gasteiger partial charge in [-0.2, -0.15) is 13.2 Å². The summed E-state index contributed by atoms with van der Waals surface area (Å²) in [5, 5.41) is 13.0. The van der Waals surface area contributed by atoms with E-state index >= 15 is 0 Å². The quantitative estimate of drug-likeness (QED) is 0.509. The summed E-state index contributed by atoms with van der Waals surface area (Å²) in [6.45, 7) is -0.409. The minimum atomic E-state index is -4.79. The van der Waals surface area contributed by atoms with E-state index in [1.165, 1.54) is 0 Å². The highest BCUT2D eigenvalue weighted by molar-refractivity contribution is 5.87. The Hall–Kier alpha value is -3.60. The topological polar surface area (TPSA) is 114 Å². The van der Waals surface area contributed by atoms with Crippen LogP contribution in [0.25, 0.3) is 11.1 Å². The number of hydrogen-bond donors (Lipinski definition) is 3. The molecule has 8 nitrogen and oxygen atoms in total. The Kier molecular flexibility index (Phi) is 7.77. The zero-order valence-electron chi connectivity index (χ0n) is 18.1. The maximum Gasteiger partial charge on any atom is 0.407 e. The molecule has 34 heavy (non-hydrogen) atoms. The van der Waals surface area contributed by atoms with E-state index in [1.807, 2.05) is 48.5 Å². The van der Waals surface area contributed by atoms with E-state index in [0.717, 1.165) is 29.4 Å². The number of carbonyl (C=O) groups excluding carboxylic acids is 2. The number of nitrogens with one attached hydrogen (secondary N) is 2. The predicted molar refractivity (Wildman–Crippen MR) is 114 cm³/mol. The molecular formula is C23H23F3N2O6. The van der Waals surface area contributed by atoms with Gasteiger partial charge in [0.05, 0.1) is 13.0 Å². The maximum atomic E-state index is 12.5. The molecule has 2 aromatic carbocycles. The van der Waals surface area contributed by atoms with Gasteiger partial charge in [-0.25, -0.2) is 9.59 Å². The smallest absolute Gasteiger partial charge is 0.407 e. The summed E-state index contributed by atoms with van der Waals surface area (Å²) in [5.41, 5.74) is 4.12. The normalized spacial score (nSPS) is 14.5. The third kappa shape index (κ3) is 6.04. The van der Waals surface area contributed by atoms with Crippen LogP contribution >= 0.6 is 0 Å². The van der Waals surface area contributed by atoms with E-state index in [1.54, 1.807) is 5.32 Å². The Morgan fingerprint density at radius 2 is 1.59 bits per heavy atom. The summed E-state index contributed by atoms with van der Waals surface area (Å²) in [4.78, 5) is 35.4. The Morgan fingerprint density at radius 1 is 1.03 bits per heavy atom. The lowest BCUT2D eigenvalue weighted by molar-refractivity contribution is -0.161. The standard InChI is InChI=1S/C23H23F3N2O6/c1-33-19(20(29)28-18(21(30)31)10-23(24,25)26)11-27-22(32)34-12-17-15-8-4-2-6-13(15)14-7-3-5-9-16(14)17/h2-9,17-19H,10-12H2,1H3,(H,27,32)(H,28,29)(H,30,31). The van der Waals surface area contributed by atoms with Gasteiger partial charge in [0, 0.05) is 13.0 Å². The fourth-order valence-corrected chi connectivity index (χ4v) is 3.80. The molecule has 3 rings (SSSR count). The van der Waals surface area contributed by atoms with Gasteiger partial charge in [-0.15, -0.1) is 0 Å². The molecule has 0 saturated heterocycles. The number of ether oxygens (including phenoxy) is 2. The van der Waals surface area contributed by atoms with Gasteiger partial charge in [-0.1, -0.05) is 48.5 Å². The highest BCUT2D eigenvalue weighted by Gasteiger charge is 2.37. The first-order valence-corrected chi connectivity index (χ1v) is 10.3. The number of amides is 2. The number of rotatable bonds is 9. The minimum Gasteiger partial charge on any atom is -0.480 e. The molecule has 1 aliphatic carbocycles. The van der Waals surface area contributed by atoms with E-state index in [-0.39, 0.29) is 12.5 Å². The maximum absolute atomic E-state index is 12.5. The van der Waals surface area contributed by atoms with Gasteiger partial charge in [-0.3, -0.25) is 4.79 Å². The molecule has 3 N–H and O–H groups in total. The van der Waals surface area contributed by atoms with E-state index in [9.17, 15) is 27.6 Å². The van der Waals surface area contributed by atoms with E-state index < -0.39 is 49.3 Å². The average Bonchev–Trinajstić information content (AvgIpc) is 3.10. The van der Waals surface area contributed by atoms with Gasteiger partial charge in [0.1, 0.15) is 12.6 Å². The van der Waals surface area contributed by atoms with Crippen LogP contribution in [-0.2, 0) is 19.1 Å². The number of benzene rings is 2. The summed E-state index contributed by atoms with van der Waals surface area (Å²) in [7, 11) is 1.10. The molecule has 0 radical (unpaired) electrons. The first-order chi connectivity index (χ1) is 16.1. The lowest BCUT2D eigenvalue weighted by Crippen LogP contribution is -2.50. The fraction of sp³-hybridized carbons (Fsp3) is 0.348. The number of halogens is 3. The number of carbonyl (C=O) groups is 3. The second-order valence-electron chi connectivity index (χ2n) is 7.65. The zero-order chi connectivity index (χ0) is 24.9. The first-order valence-electron chi connectivity index (χ1n) is 10.3. The lowest BCUT2D eigenvalue weighted by atomic mass is 9.98. The molecule has 0 fully saturated rings. The molecule has 0 saturated carbocycles. The second kappa shape index (κ2) is 10.6. The van der Waals surface area contributed by atoms with Crippen LogP contribution in [-0.4, -0.2) is 61.7 Å². The summed E-state index contributed by atoms with van der Waals surface area (Å²) in [5.74, 6) is -3.14. The minimum absolute atomic E-state index is 0.0242. The lowest BCUT2D eigenvalue weighted by Gasteiger charge is -2.21. The van der Waals surface area contributed by atoms with Crippen LogP contribution < -0.4 is 10.6 Å². The van der Waals surface area contributed by atoms with Crippen molar-refractivity contribution in [1.29, 1.82) is 0 Å². The van der Waals surface area contributed by atoms with Crippen LogP contribution in [0.3, 0.4) is 0 Å². The van der Waals surface area contributed by atoms with Crippen molar-refractivity contribution in [2.24, 2.45) is 0 Å². The first kappa shape index (κ1) is 25.0. The molecule has 2 aromatic rings. The van der Waals surface area contributed by atoms with Crippen LogP contribution in [0.4, 0.5) is 18.0 Å². The van der Waals surface area contributed by atoms with Crippen molar-refractivity contribution in [3.63, 3.8) is 0 Å². The van der Waals surface area contributed by atoms with Crippen LogP contribution in [0.15, 0.2) is 48.5 Å². The monoisotopic (exact) mass is 480 g/mol. The largest absolute Gasteiger partial charge is 0.480 e. The van der Waals surface area contributed by atoms with Gasteiger partial charge < -0.3 is 25.2 Å². The van der Waals surface area contributed by atoms with Crippen LogP contribution in [0, 0.1) is 0 Å². The SMILES string of the molecule is COC(CNC(=O)OCC1c2ccccc2-c2ccccc21)C(=O)NC(CC(F)(F)F)C(=O)O. The summed E-state index contributed by atoms with van der Waals surface area (Å²) in [6, 6.07) is 13.3. The van der Waals surface area contributed by atoms with Gasteiger partial charge in [-0.05, 0) is 22.3 Å². The van der Waals surface area contributed by atoms with Crippen molar-refractivity contribution in [1.82, 2.24) is 10.6 Å². The molecular weight excluding hydrogens is 457 g/mol. The molecule has 11 heteroatoms. The number of fused-ring (bicyclic) bond motifs is 3. The highest BCUT2D eigenvalue weighted by atomic mass is 19.4. The summed E-state index contributed by atoms with van der Waals surface area (Å²) < 4.78 is 47.8. The molecule has 0 spiro atoms.